The van der Waals surface area contributed by atoms with Gasteiger partial charge in [0.2, 0.25) is 0 Å². The molecule has 2 rings (SSSR count). The number of rotatable bonds is 5. The topological polar surface area (TPSA) is 57.3 Å². The van der Waals surface area contributed by atoms with Crippen LogP contribution in [-0.2, 0) is 0 Å². The molecule has 0 bridgehead atoms. The quantitative estimate of drug-likeness (QED) is 0.892. The van der Waals surface area contributed by atoms with Crippen LogP contribution in [0, 0.1) is 6.92 Å². The second kappa shape index (κ2) is 7.56. The molecule has 5 nitrogen and oxygen atoms in total. The molecule has 2 N–H and O–H groups in total. The predicted molar refractivity (Wildman–Crippen MR) is 88.9 cm³/mol. The van der Waals surface area contributed by atoms with Gasteiger partial charge in [0.25, 0.3) is 0 Å². The molecule has 22 heavy (non-hydrogen) atoms. The minimum Gasteiger partial charge on any atom is -0.330 e. The average Bonchev–Trinajstić information content (AvgIpc) is 2.47. The molecule has 5 heteroatoms. The van der Waals surface area contributed by atoms with Crippen LogP contribution in [0.5, 0.6) is 0 Å². The van der Waals surface area contributed by atoms with Crippen molar-refractivity contribution in [2.45, 2.75) is 13.0 Å². The molecule has 0 radical (unpaired) electrons. The maximum Gasteiger partial charge on any atom is 0.320 e. The Hall–Kier alpha value is -2.40. The number of urea groups is 1. The molecule has 0 unspecified atom stereocenters. The fraction of sp³-hybridized carbons (Fsp3) is 0.294. The summed E-state index contributed by atoms with van der Waals surface area (Å²) in [5.74, 6) is 0.550. The molecule has 0 spiro atoms. The second-order valence-electron chi connectivity index (χ2n) is 5.49. The van der Waals surface area contributed by atoms with Crippen LogP contribution in [0.2, 0.25) is 0 Å². The van der Waals surface area contributed by atoms with Crippen molar-refractivity contribution in [1.29, 1.82) is 0 Å². The molecule has 0 aliphatic rings. The Morgan fingerprint density at radius 2 is 1.86 bits per heavy atom. The fourth-order valence-corrected chi connectivity index (χ4v) is 2.21. The highest BCUT2D eigenvalue weighted by Crippen LogP contribution is 2.13. The van der Waals surface area contributed by atoms with E-state index in [4.69, 9.17) is 0 Å². The van der Waals surface area contributed by atoms with Crippen molar-refractivity contribution < 1.29 is 4.79 Å². The van der Waals surface area contributed by atoms with Gasteiger partial charge in [0, 0.05) is 12.2 Å². The zero-order valence-corrected chi connectivity index (χ0v) is 13.2. The Kier molecular flexibility index (Phi) is 5.49. The summed E-state index contributed by atoms with van der Waals surface area (Å²) in [5, 5.41) is 5.78. The molecule has 1 atom stereocenters. The molecule has 116 valence electrons. The molecular formula is C17H22N4O. The summed E-state index contributed by atoms with van der Waals surface area (Å²) in [4.78, 5) is 18.5. The molecule has 0 saturated carbocycles. The minimum absolute atomic E-state index is 0.0824. The van der Waals surface area contributed by atoms with Gasteiger partial charge in [-0.1, -0.05) is 36.4 Å². The van der Waals surface area contributed by atoms with E-state index in [0.29, 0.717) is 5.82 Å². The minimum atomic E-state index is -0.256. The van der Waals surface area contributed by atoms with Gasteiger partial charge in [-0.05, 0) is 38.7 Å². The molecule has 1 aromatic carbocycles. The highest BCUT2D eigenvalue weighted by molar-refractivity contribution is 5.88. The fourth-order valence-electron chi connectivity index (χ4n) is 2.21. The van der Waals surface area contributed by atoms with E-state index in [2.05, 4.69) is 15.6 Å². The highest BCUT2D eigenvalue weighted by Gasteiger charge is 2.15. The van der Waals surface area contributed by atoms with Gasteiger partial charge in [-0.25, -0.2) is 9.78 Å². The lowest BCUT2D eigenvalue weighted by Crippen LogP contribution is -2.37. The van der Waals surface area contributed by atoms with Gasteiger partial charge in [0.1, 0.15) is 5.82 Å². The van der Waals surface area contributed by atoms with Crippen molar-refractivity contribution in [3.05, 3.63) is 59.8 Å². The Morgan fingerprint density at radius 3 is 2.50 bits per heavy atom. The first-order valence-electron chi connectivity index (χ1n) is 7.25. The number of amides is 2. The van der Waals surface area contributed by atoms with E-state index in [1.54, 1.807) is 6.07 Å². The molecule has 0 aliphatic heterocycles. The number of benzene rings is 1. The summed E-state index contributed by atoms with van der Waals surface area (Å²) in [7, 11) is 3.97. The number of anilines is 1. The van der Waals surface area contributed by atoms with Crippen LogP contribution in [0.1, 0.15) is 17.3 Å². The Morgan fingerprint density at radius 1 is 1.14 bits per heavy atom. The lowest BCUT2D eigenvalue weighted by Gasteiger charge is -2.23. The van der Waals surface area contributed by atoms with Gasteiger partial charge in [0.15, 0.2) is 0 Å². The van der Waals surface area contributed by atoms with Gasteiger partial charge < -0.3 is 10.2 Å². The number of carbonyl (C=O) groups is 1. The zero-order valence-electron chi connectivity index (χ0n) is 13.2. The normalized spacial score (nSPS) is 12.0. The average molecular weight is 298 g/mol. The first-order valence-corrected chi connectivity index (χ1v) is 7.25. The number of nitrogens with zero attached hydrogens (tertiary/aromatic N) is 2. The van der Waals surface area contributed by atoms with E-state index < -0.39 is 0 Å². The van der Waals surface area contributed by atoms with E-state index in [-0.39, 0.29) is 12.1 Å². The second-order valence-corrected chi connectivity index (χ2v) is 5.49. The van der Waals surface area contributed by atoms with Gasteiger partial charge in [-0.3, -0.25) is 5.32 Å². The number of hydrogen-bond acceptors (Lipinski definition) is 3. The maximum absolute atomic E-state index is 12.2. The molecule has 2 aromatic rings. The number of carbonyl (C=O) groups excluding carboxylic acids is 1. The molecule has 0 aliphatic carbocycles. The number of hydrogen-bond donors (Lipinski definition) is 2. The highest BCUT2D eigenvalue weighted by atomic mass is 16.2. The van der Waals surface area contributed by atoms with Crippen molar-refractivity contribution in [3.63, 3.8) is 0 Å². The number of aromatic nitrogens is 1. The summed E-state index contributed by atoms with van der Waals surface area (Å²) in [6, 6.07) is 15.1. The van der Waals surface area contributed by atoms with Gasteiger partial charge >= 0.3 is 6.03 Å². The summed E-state index contributed by atoms with van der Waals surface area (Å²) >= 11 is 0. The monoisotopic (exact) mass is 298 g/mol. The van der Waals surface area contributed by atoms with Crippen LogP contribution in [0.3, 0.4) is 0 Å². The summed E-state index contributed by atoms with van der Waals surface area (Å²) in [5.41, 5.74) is 1.94. The van der Waals surface area contributed by atoms with E-state index >= 15 is 0 Å². The van der Waals surface area contributed by atoms with Crippen LogP contribution in [0.25, 0.3) is 0 Å². The Balaban J connectivity index is 2.05. The van der Waals surface area contributed by atoms with Crippen molar-refractivity contribution in [2.24, 2.45) is 0 Å². The van der Waals surface area contributed by atoms with Crippen molar-refractivity contribution in [1.82, 2.24) is 15.2 Å². The molecule has 1 heterocycles. The van der Waals surface area contributed by atoms with Crippen LogP contribution in [-0.4, -0.2) is 36.6 Å². The van der Waals surface area contributed by atoms with Crippen molar-refractivity contribution in [3.8, 4) is 0 Å². The van der Waals surface area contributed by atoms with E-state index in [1.807, 2.05) is 68.4 Å². The van der Waals surface area contributed by atoms with E-state index in [1.165, 1.54) is 0 Å². The van der Waals surface area contributed by atoms with Crippen LogP contribution in [0.4, 0.5) is 10.6 Å². The Bertz CT molecular complexity index is 613. The molecule has 1 aromatic heterocycles. The van der Waals surface area contributed by atoms with Crippen molar-refractivity contribution >= 4 is 11.8 Å². The number of likely N-dealkylation sites (N-methyl/N-ethyl adjacent to an activating group) is 1. The van der Waals surface area contributed by atoms with Crippen LogP contribution in [0.15, 0.2) is 48.5 Å². The lowest BCUT2D eigenvalue weighted by molar-refractivity contribution is 0.244. The molecule has 0 saturated heterocycles. The number of aryl methyl sites for hydroxylation is 1. The van der Waals surface area contributed by atoms with Crippen LogP contribution >= 0.6 is 0 Å². The van der Waals surface area contributed by atoms with Gasteiger partial charge in [-0.15, -0.1) is 0 Å². The van der Waals surface area contributed by atoms with Crippen LogP contribution < -0.4 is 10.6 Å². The van der Waals surface area contributed by atoms with Gasteiger partial charge in [0.05, 0.1) is 6.04 Å². The van der Waals surface area contributed by atoms with E-state index in [9.17, 15) is 4.79 Å². The largest absolute Gasteiger partial charge is 0.330 e. The molecular weight excluding hydrogens is 276 g/mol. The number of pyridine rings is 1. The number of nitrogens with one attached hydrogen (secondary N) is 2. The molecule has 0 fully saturated rings. The lowest BCUT2D eigenvalue weighted by atomic mass is 10.1. The summed E-state index contributed by atoms with van der Waals surface area (Å²) in [6.07, 6.45) is 0. The first-order chi connectivity index (χ1) is 10.5. The third-order valence-corrected chi connectivity index (χ3v) is 3.18. The third-order valence-electron chi connectivity index (χ3n) is 3.18. The maximum atomic E-state index is 12.2. The van der Waals surface area contributed by atoms with E-state index in [0.717, 1.165) is 17.8 Å². The molecule has 2 amide bonds. The third kappa shape index (κ3) is 4.86. The standard InChI is InChI=1S/C17H22N4O/c1-13-8-7-11-16(18-13)20-17(22)19-15(12-21(2)3)14-9-5-4-6-10-14/h4-11,15H,12H2,1-3H3,(H2,18,19,20,22)/t15-/m1/s1. The predicted octanol–water partition coefficient (Wildman–Crippen LogP) is 2.81. The van der Waals surface area contributed by atoms with Gasteiger partial charge in [-0.2, -0.15) is 0 Å². The zero-order chi connectivity index (χ0) is 15.9. The summed E-state index contributed by atoms with van der Waals surface area (Å²) < 4.78 is 0. The summed E-state index contributed by atoms with van der Waals surface area (Å²) in [6.45, 7) is 2.61. The first kappa shape index (κ1) is 16.0. The SMILES string of the molecule is Cc1cccc(NC(=O)N[C@H](CN(C)C)c2ccccc2)n1. The van der Waals surface area contributed by atoms with Crippen molar-refractivity contribution in [2.75, 3.05) is 26.0 Å². The smallest absolute Gasteiger partial charge is 0.320 e. The Labute approximate surface area is 131 Å².